The zero-order valence-electron chi connectivity index (χ0n) is 11.7. The van der Waals surface area contributed by atoms with Crippen LogP contribution in [0.4, 0.5) is 0 Å². The average Bonchev–Trinajstić information content (AvgIpc) is 3.12. The Balaban J connectivity index is 1.49. The lowest BCUT2D eigenvalue weighted by Gasteiger charge is -2.34. The van der Waals surface area contributed by atoms with E-state index in [0.717, 1.165) is 18.0 Å². The molecular formula is C17H25N. The van der Waals surface area contributed by atoms with E-state index in [9.17, 15) is 0 Å². The van der Waals surface area contributed by atoms with E-state index in [2.05, 4.69) is 49.5 Å². The maximum atomic E-state index is 3.88. The van der Waals surface area contributed by atoms with Crippen LogP contribution in [0.15, 0.2) is 30.3 Å². The second-order valence-corrected chi connectivity index (χ2v) is 6.96. The van der Waals surface area contributed by atoms with E-state index in [4.69, 9.17) is 0 Å². The summed E-state index contributed by atoms with van der Waals surface area (Å²) < 4.78 is 0. The third-order valence-electron chi connectivity index (χ3n) is 4.81. The van der Waals surface area contributed by atoms with Crippen molar-refractivity contribution in [2.45, 2.75) is 64.0 Å². The van der Waals surface area contributed by atoms with E-state index >= 15 is 0 Å². The first-order valence-electron chi connectivity index (χ1n) is 7.45. The van der Waals surface area contributed by atoms with Gasteiger partial charge in [0.15, 0.2) is 0 Å². The van der Waals surface area contributed by atoms with Crippen LogP contribution in [-0.2, 0) is 0 Å². The average molecular weight is 243 g/mol. The third-order valence-corrected chi connectivity index (χ3v) is 4.81. The summed E-state index contributed by atoms with van der Waals surface area (Å²) in [5.41, 5.74) is 2.10. The highest BCUT2D eigenvalue weighted by atomic mass is 15.0. The molecule has 0 bridgehead atoms. The SMILES string of the molecule is CC1(C)CCC(NC2CC2c2ccccc2)CC1. The Morgan fingerprint density at radius 1 is 1.06 bits per heavy atom. The molecule has 18 heavy (non-hydrogen) atoms. The zero-order chi connectivity index (χ0) is 12.6. The van der Waals surface area contributed by atoms with Crippen molar-refractivity contribution in [2.75, 3.05) is 0 Å². The quantitative estimate of drug-likeness (QED) is 0.842. The fourth-order valence-corrected chi connectivity index (χ4v) is 3.32. The first kappa shape index (κ1) is 12.2. The molecule has 0 aromatic heterocycles. The molecule has 0 spiro atoms. The van der Waals surface area contributed by atoms with Crippen molar-refractivity contribution in [3.63, 3.8) is 0 Å². The molecule has 1 heteroatoms. The number of nitrogens with one attached hydrogen (secondary N) is 1. The molecule has 0 radical (unpaired) electrons. The molecular weight excluding hydrogens is 218 g/mol. The maximum absolute atomic E-state index is 3.88. The fraction of sp³-hybridized carbons (Fsp3) is 0.647. The standard InChI is InChI=1S/C17H25N/c1-17(2)10-8-14(9-11-17)18-16-12-15(16)13-6-4-3-5-7-13/h3-7,14-16,18H,8-12H2,1-2H3. The van der Waals surface area contributed by atoms with Gasteiger partial charge in [0.1, 0.15) is 0 Å². The van der Waals surface area contributed by atoms with Crippen LogP contribution in [0, 0.1) is 5.41 Å². The summed E-state index contributed by atoms with van der Waals surface area (Å²) >= 11 is 0. The van der Waals surface area contributed by atoms with E-state index in [1.54, 1.807) is 0 Å². The summed E-state index contributed by atoms with van der Waals surface area (Å²) in [4.78, 5) is 0. The molecule has 0 amide bonds. The molecule has 2 aliphatic carbocycles. The van der Waals surface area contributed by atoms with Crippen molar-refractivity contribution in [1.82, 2.24) is 5.32 Å². The van der Waals surface area contributed by atoms with Crippen LogP contribution in [0.25, 0.3) is 0 Å². The molecule has 1 N–H and O–H groups in total. The summed E-state index contributed by atoms with van der Waals surface area (Å²) in [5, 5.41) is 3.88. The predicted octanol–water partition coefficient (Wildman–Crippen LogP) is 4.10. The smallest absolute Gasteiger partial charge is 0.0145 e. The first-order chi connectivity index (χ1) is 8.64. The molecule has 2 saturated carbocycles. The minimum atomic E-state index is 0.584. The van der Waals surface area contributed by atoms with Crippen LogP contribution < -0.4 is 5.32 Å². The van der Waals surface area contributed by atoms with Gasteiger partial charge in [-0.2, -0.15) is 0 Å². The van der Waals surface area contributed by atoms with Crippen LogP contribution in [0.5, 0.6) is 0 Å². The number of hydrogen-bond donors (Lipinski definition) is 1. The van der Waals surface area contributed by atoms with Gasteiger partial charge in [-0.25, -0.2) is 0 Å². The minimum absolute atomic E-state index is 0.584. The highest BCUT2D eigenvalue weighted by Crippen LogP contribution is 2.42. The molecule has 0 saturated heterocycles. The van der Waals surface area contributed by atoms with Gasteiger partial charge in [-0.15, -0.1) is 0 Å². The van der Waals surface area contributed by atoms with Crippen LogP contribution in [-0.4, -0.2) is 12.1 Å². The minimum Gasteiger partial charge on any atom is -0.311 e. The molecule has 2 fully saturated rings. The van der Waals surface area contributed by atoms with Gasteiger partial charge in [-0.1, -0.05) is 44.2 Å². The van der Waals surface area contributed by atoms with Crippen molar-refractivity contribution >= 4 is 0 Å². The molecule has 2 unspecified atom stereocenters. The molecule has 1 nitrogen and oxygen atoms in total. The van der Waals surface area contributed by atoms with Crippen molar-refractivity contribution in [3.8, 4) is 0 Å². The second kappa shape index (κ2) is 4.70. The normalized spacial score (nSPS) is 31.2. The van der Waals surface area contributed by atoms with Gasteiger partial charge in [0.2, 0.25) is 0 Å². The van der Waals surface area contributed by atoms with Gasteiger partial charge >= 0.3 is 0 Å². The van der Waals surface area contributed by atoms with Gasteiger partial charge < -0.3 is 5.32 Å². The highest BCUT2D eigenvalue weighted by molar-refractivity contribution is 5.27. The Kier molecular flexibility index (Phi) is 3.19. The Labute approximate surface area is 111 Å². The van der Waals surface area contributed by atoms with Gasteiger partial charge in [0.05, 0.1) is 0 Å². The van der Waals surface area contributed by atoms with E-state index in [1.165, 1.54) is 37.7 Å². The van der Waals surface area contributed by atoms with Crippen molar-refractivity contribution in [2.24, 2.45) is 5.41 Å². The number of rotatable bonds is 3. The van der Waals surface area contributed by atoms with Gasteiger partial charge in [0.25, 0.3) is 0 Å². The van der Waals surface area contributed by atoms with Crippen LogP contribution in [0.1, 0.15) is 57.4 Å². The molecule has 98 valence electrons. The summed E-state index contributed by atoms with van der Waals surface area (Å²) in [6, 6.07) is 12.5. The van der Waals surface area contributed by atoms with Gasteiger partial charge in [0, 0.05) is 18.0 Å². The molecule has 0 aliphatic heterocycles. The second-order valence-electron chi connectivity index (χ2n) is 6.96. The largest absolute Gasteiger partial charge is 0.311 e. The Morgan fingerprint density at radius 3 is 2.39 bits per heavy atom. The van der Waals surface area contributed by atoms with E-state index in [0.29, 0.717) is 5.41 Å². The zero-order valence-corrected chi connectivity index (χ0v) is 11.7. The summed E-state index contributed by atoms with van der Waals surface area (Å²) in [5.74, 6) is 0.779. The van der Waals surface area contributed by atoms with Gasteiger partial charge in [-0.3, -0.25) is 0 Å². The maximum Gasteiger partial charge on any atom is 0.0145 e. The molecule has 1 aromatic rings. The number of hydrogen-bond acceptors (Lipinski definition) is 1. The van der Waals surface area contributed by atoms with Crippen LogP contribution in [0.3, 0.4) is 0 Å². The molecule has 2 atom stereocenters. The highest BCUT2D eigenvalue weighted by Gasteiger charge is 2.40. The van der Waals surface area contributed by atoms with E-state index < -0.39 is 0 Å². The van der Waals surface area contributed by atoms with Crippen molar-refractivity contribution in [1.29, 1.82) is 0 Å². The predicted molar refractivity (Wildman–Crippen MR) is 76.8 cm³/mol. The lowest BCUT2D eigenvalue weighted by molar-refractivity contribution is 0.205. The molecule has 3 rings (SSSR count). The monoisotopic (exact) mass is 243 g/mol. The molecule has 1 aromatic carbocycles. The van der Waals surface area contributed by atoms with Gasteiger partial charge in [-0.05, 0) is 43.1 Å². The Morgan fingerprint density at radius 2 is 1.72 bits per heavy atom. The molecule has 2 aliphatic rings. The lowest BCUT2D eigenvalue weighted by atomic mass is 9.75. The van der Waals surface area contributed by atoms with Crippen LogP contribution >= 0.6 is 0 Å². The first-order valence-corrected chi connectivity index (χ1v) is 7.45. The Bertz CT molecular complexity index is 385. The lowest BCUT2D eigenvalue weighted by Crippen LogP contribution is -2.37. The fourth-order valence-electron chi connectivity index (χ4n) is 3.32. The third kappa shape index (κ3) is 2.77. The summed E-state index contributed by atoms with van der Waals surface area (Å²) in [6.07, 6.45) is 6.83. The van der Waals surface area contributed by atoms with E-state index in [-0.39, 0.29) is 0 Å². The Hall–Kier alpha value is -0.820. The van der Waals surface area contributed by atoms with Crippen molar-refractivity contribution < 1.29 is 0 Å². The van der Waals surface area contributed by atoms with E-state index in [1.807, 2.05) is 0 Å². The summed E-state index contributed by atoms with van der Waals surface area (Å²) in [7, 11) is 0. The topological polar surface area (TPSA) is 12.0 Å². The molecule has 0 heterocycles. The number of benzene rings is 1. The van der Waals surface area contributed by atoms with Crippen molar-refractivity contribution in [3.05, 3.63) is 35.9 Å². The van der Waals surface area contributed by atoms with Crippen LogP contribution in [0.2, 0.25) is 0 Å². The summed E-state index contributed by atoms with van der Waals surface area (Å²) in [6.45, 7) is 4.82.